The fraction of sp³-hybridized carbons (Fsp3) is 0. The van der Waals surface area contributed by atoms with Gasteiger partial charge in [-0.25, -0.2) is 15.0 Å². The van der Waals surface area contributed by atoms with Crippen LogP contribution < -0.4 is 0 Å². The van der Waals surface area contributed by atoms with Gasteiger partial charge in [0.05, 0.1) is 11.6 Å². The van der Waals surface area contributed by atoms with Gasteiger partial charge in [-0.15, -0.1) is 0 Å². The first-order valence-corrected chi connectivity index (χ1v) is 12.6. The second-order valence-electron chi connectivity index (χ2n) is 9.25. The Hall–Kier alpha value is -5.60. The molecule has 5 aromatic carbocycles. The molecule has 5 nitrogen and oxygen atoms in total. The maximum Gasteiger partial charge on any atom is 0.164 e. The molecule has 0 N–H and O–H groups in total. The second kappa shape index (κ2) is 9.37. The van der Waals surface area contributed by atoms with E-state index in [0.717, 1.165) is 49.8 Å². The fourth-order valence-electron chi connectivity index (χ4n) is 4.80. The Morgan fingerprint density at radius 3 is 1.62 bits per heavy atom. The lowest BCUT2D eigenvalue weighted by Crippen LogP contribution is -2.00. The molecular weight excluding hydrogens is 480 g/mol. The molecule has 0 saturated heterocycles. The highest BCUT2D eigenvalue weighted by Crippen LogP contribution is 2.34. The van der Waals surface area contributed by atoms with Gasteiger partial charge in [0.2, 0.25) is 0 Å². The molecule has 2 aromatic heterocycles. The molecule has 0 spiro atoms. The number of aromatic nitrogens is 3. The number of hydrogen-bond donors (Lipinski definition) is 0. The van der Waals surface area contributed by atoms with Crippen molar-refractivity contribution in [1.29, 1.82) is 5.26 Å². The smallest absolute Gasteiger partial charge is 0.164 e. The molecular formula is C34H20N4O. The van der Waals surface area contributed by atoms with Gasteiger partial charge in [0.25, 0.3) is 0 Å². The average Bonchev–Trinajstić information content (AvgIpc) is 3.39. The van der Waals surface area contributed by atoms with Crippen LogP contribution in [-0.4, -0.2) is 15.0 Å². The van der Waals surface area contributed by atoms with Crippen LogP contribution in [0.5, 0.6) is 0 Å². The summed E-state index contributed by atoms with van der Waals surface area (Å²) in [5, 5.41) is 11.3. The maximum atomic E-state index is 9.37. The lowest BCUT2D eigenvalue weighted by molar-refractivity contribution is 0.669. The number of benzene rings is 5. The Morgan fingerprint density at radius 1 is 0.462 bits per heavy atom. The summed E-state index contributed by atoms with van der Waals surface area (Å²) in [5.41, 5.74) is 6.99. The van der Waals surface area contributed by atoms with E-state index in [1.54, 1.807) is 6.07 Å². The Bertz CT molecular complexity index is 1960. The van der Waals surface area contributed by atoms with Gasteiger partial charge in [0, 0.05) is 27.5 Å². The summed E-state index contributed by atoms with van der Waals surface area (Å²) in [6.45, 7) is 0. The molecule has 39 heavy (non-hydrogen) atoms. The Balaban J connectivity index is 1.36. The van der Waals surface area contributed by atoms with Gasteiger partial charge in [-0.2, -0.15) is 5.26 Å². The molecule has 0 fully saturated rings. The summed E-state index contributed by atoms with van der Waals surface area (Å²) in [5.74, 6) is 1.87. The van der Waals surface area contributed by atoms with Crippen molar-refractivity contribution in [2.24, 2.45) is 0 Å². The van der Waals surface area contributed by atoms with Crippen molar-refractivity contribution in [3.63, 3.8) is 0 Å². The zero-order valence-corrected chi connectivity index (χ0v) is 20.7. The van der Waals surface area contributed by atoms with E-state index in [1.165, 1.54) is 0 Å². The first kappa shape index (κ1) is 22.6. The zero-order chi connectivity index (χ0) is 26.2. The Kier molecular flexibility index (Phi) is 5.42. The van der Waals surface area contributed by atoms with E-state index in [0.29, 0.717) is 23.0 Å². The molecule has 2 heterocycles. The van der Waals surface area contributed by atoms with Crippen LogP contribution in [0, 0.1) is 11.3 Å². The lowest BCUT2D eigenvalue weighted by Gasteiger charge is -2.09. The Morgan fingerprint density at radius 2 is 0.974 bits per heavy atom. The molecule has 0 radical (unpaired) electrons. The monoisotopic (exact) mass is 500 g/mol. The quantitative estimate of drug-likeness (QED) is 0.243. The molecule has 0 atom stereocenters. The van der Waals surface area contributed by atoms with Crippen molar-refractivity contribution < 1.29 is 4.42 Å². The number of hydrogen-bond acceptors (Lipinski definition) is 5. The predicted molar refractivity (Wildman–Crippen MR) is 154 cm³/mol. The van der Waals surface area contributed by atoms with Crippen LogP contribution in [-0.2, 0) is 0 Å². The van der Waals surface area contributed by atoms with Crippen molar-refractivity contribution in [1.82, 2.24) is 15.0 Å². The molecule has 0 unspecified atom stereocenters. The minimum absolute atomic E-state index is 0.607. The largest absolute Gasteiger partial charge is 0.456 e. The second-order valence-corrected chi connectivity index (χ2v) is 9.25. The standard InChI is InChI=1S/C34H20N4O/c35-21-22-14-16-30-28(18-22)29-20-26(15-17-31(29)39-30)25-12-7-13-27(19-25)34-37-32(23-8-3-1-4-9-23)36-33(38-34)24-10-5-2-6-11-24/h1-20H. The molecule has 0 amide bonds. The summed E-state index contributed by atoms with van der Waals surface area (Å²) < 4.78 is 6.01. The molecule has 0 aliphatic carbocycles. The van der Waals surface area contributed by atoms with Crippen LogP contribution in [0.2, 0.25) is 0 Å². The summed E-state index contributed by atoms with van der Waals surface area (Å²) in [4.78, 5) is 14.5. The lowest BCUT2D eigenvalue weighted by atomic mass is 10.00. The van der Waals surface area contributed by atoms with Crippen molar-refractivity contribution >= 4 is 21.9 Å². The van der Waals surface area contributed by atoms with E-state index in [4.69, 9.17) is 19.4 Å². The van der Waals surface area contributed by atoms with E-state index >= 15 is 0 Å². The molecule has 0 saturated carbocycles. The van der Waals surface area contributed by atoms with Gasteiger partial charge in [0.1, 0.15) is 11.2 Å². The highest BCUT2D eigenvalue weighted by atomic mass is 16.3. The third-order valence-corrected chi connectivity index (χ3v) is 6.75. The SMILES string of the molecule is N#Cc1ccc2oc3ccc(-c4cccc(-c5nc(-c6ccccc6)nc(-c6ccccc6)n5)c4)cc3c2c1. The Labute approximate surface area is 224 Å². The minimum Gasteiger partial charge on any atom is -0.456 e. The third kappa shape index (κ3) is 4.20. The normalized spacial score (nSPS) is 11.1. The number of fused-ring (bicyclic) bond motifs is 3. The summed E-state index contributed by atoms with van der Waals surface area (Å²) in [6, 6.07) is 42.0. The van der Waals surface area contributed by atoms with Crippen LogP contribution in [0.1, 0.15) is 5.56 Å². The van der Waals surface area contributed by atoms with E-state index in [2.05, 4.69) is 24.3 Å². The van der Waals surface area contributed by atoms with Crippen molar-refractivity contribution in [2.75, 3.05) is 0 Å². The molecule has 7 rings (SSSR count). The van der Waals surface area contributed by atoms with E-state index in [1.807, 2.05) is 97.1 Å². The summed E-state index contributed by atoms with van der Waals surface area (Å²) in [7, 11) is 0. The van der Waals surface area contributed by atoms with Crippen LogP contribution in [0.15, 0.2) is 126 Å². The number of rotatable bonds is 4. The van der Waals surface area contributed by atoms with Gasteiger partial charge < -0.3 is 4.42 Å². The number of furan rings is 1. The first-order chi connectivity index (χ1) is 19.2. The van der Waals surface area contributed by atoms with E-state index in [-0.39, 0.29) is 0 Å². The molecule has 182 valence electrons. The number of nitriles is 1. The molecule has 0 aliphatic rings. The predicted octanol–water partition coefficient (Wildman–Crippen LogP) is 8.31. The topological polar surface area (TPSA) is 75.6 Å². The van der Waals surface area contributed by atoms with Gasteiger partial charge in [-0.05, 0) is 47.5 Å². The van der Waals surface area contributed by atoms with Crippen molar-refractivity contribution in [2.45, 2.75) is 0 Å². The van der Waals surface area contributed by atoms with E-state index in [9.17, 15) is 5.26 Å². The highest BCUT2D eigenvalue weighted by Gasteiger charge is 2.14. The highest BCUT2D eigenvalue weighted by molar-refractivity contribution is 6.06. The minimum atomic E-state index is 0.607. The van der Waals surface area contributed by atoms with Gasteiger partial charge >= 0.3 is 0 Å². The van der Waals surface area contributed by atoms with Crippen LogP contribution in [0.25, 0.3) is 67.2 Å². The first-order valence-electron chi connectivity index (χ1n) is 12.6. The van der Waals surface area contributed by atoms with Gasteiger partial charge in [-0.3, -0.25) is 0 Å². The summed E-state index contributed by atoms with van der Waals surface area (Å²) in [6.07, 6.45) is 0. The van der Waals surface area contributed by atoms with Gasteiger partial charge in [-0.1, -0.05) is 84.9 Å². The van der Waals surface area contributed by atoms with Gasteiger partial charge in [0.15, 0.2) is 17.5 Å². The third-order valence-electron chi connectivity index (χ3n) is 6.75. The fourth-order valence-corrected chi connectivity index (χ4v) is 4.80. The summed E-state index contributed by atoms with van der Waals surface area (Å²) >= 11 is 0. The average molecular weight is 501 g/mol. The van der Waals surface area contributed by atoms with Crippen LogP contribution in [0.3, 0.4) is 0 Å². The van der Waals surface area contributed by atoms with Crippen molar-refractivity contribution in [3.8, 4) is 51.4 Å². The zero-order valence-electron chi connectivity index (χ0n) is 20.7. The molecule has 0 aliphatic heterocycles. The van der Waals surface area contributed by atoms with E-state index < -0.39 is 0 Å². The molecule has 7 aromatic rings. The maximum absolute atomic E-state index is 9.37. The molecule has 5 heteroatoms. The number of nitrogens with zero attached hydrogens (tertiary/aromatic N) is 4. The molecule has 0 bridgehead atoms. The van der Waals surface area contributed by atoms with Crippen LogP contribution in [0.4, 0.5) is 0 Å². The van der Waals surface area contributed by atoms with Crippen LogP contribution >= 0.6 is 0 Å². The van der Waals surface area contributed by atoms with Crippen molar-refractivity contribution in [3.05, 3.63) is 127 Å².